The summed E-state index contributed by atoms with van der Waals surface area (Å²) in [5.74, 6) is -0.405. The predicted molar refractivity (Wildman–Crippen MR) is 68.8 cm³/mol. The first-order chi connectivity index (χ1) is 9.28. The molecule has 1 N–H and O–H groups in total. The Morgan fingerprint density at radius 2 is 1.90 bits per heavy atom. The number of rotatable bonds is 3. The van der Waals surface area contributed by atoms with Crippen LogP contribution in [0.25, 0.3) is 0 Å². The number of nitrogens with zero attached hydrogens (tertiary/aromatic N) is 1. The number of alkyl halides is 3. The van der Waals surface area contributed by atoms with Crippen LogP contribution in [0.5, 0.6) is 5.75 Å². The minimum atomic E-state index is -4.80. The molecule has 0 saturated carbocycles. The maximum absolute atomic E-state index is 12.4. The predicted octanol–water partition coefficient (Wildman–Crippen LogP) is 3.74. The van der Waals surface area contributed by atoms with Gasteiger partial charge in [-0.15, -0.1) is 24.5 Å². The average Bonchev–Trinajstić information content (AvgIpc) is 2.66. The van der Waals surface area contributed by atoms with Crippen molar-refractivity contribution >= 4 is 11.3 Å². The highest BCUT2D eigenvalue weighted by Gasteiger charge is 2.33. The Morgan fingerprint density at radius 1 is 1.25 bits per heavy atom. The van der Waals surface area contributed by atoms with Crippen molar-refractivity contribution in [1.29, 1.82) is 0 Å². The number of ether oxygens (including phenoxy) is 1. The molecule has 1 atom stereocenters. The fourth-order valence-electron chi connectivity index (χ4n) is 1.87. The number of hydrogen-bond donors (Lipinski definition) is 1. The van der Waals surface area contributed by atoms with Crippen molar-refractivity contribution in [2.24, 2.45) is 0 Å². The Balaban J connectivity index is 2.40. The largest absolute Gasteiger partial charge is 0.573 e. The van der Waals surface area contributed by atoms with Gasteiger partial charge in [-0.1, -0.05) is 18.2 Å². The summed E-state index contributed by atoms with van der Waals surface area (Å²) < 4.78 is 41.0. The molecule has 1 unspecified atom stereocenters. The van der Waals surface area contributed by atoms with Gasteiger partial charge in [0.1, 0.15) is 11.9 Å². The summed E-state index contributed by atoms with van der Waals surface area (Å²) in [5, 5.41) is 11.0. The van der Waals surface area contributed by atoms with Crippen LogP contribution < -0.4 is 4.74 Å². The summed E-state index contributed by atoms with van der Waals surface area (Å²) in [6.45, 7) is 3.47. The molecule has 0 aliphatic carbocycles. The first-order valence-corrected chi connectivity index (χ1v) is 6.56. The Hall–Kier alpha value is -1.60. The van der Waals surface area contributed by atoms with Crippen LogP contribution in [0, 0.1) is 13.8 Å². The van der Waals surface area contributed by atoms with Gasteiger partial charge in [-0.2, -0.15) is 0 Å². The summed E-state index contributed by atoms with van der Waals surface area (Å²) in [6, 6.07) is 5.54. The number of aryl methyl sites for hydroxylation is 2. The molecule has 1 heterocycles. The highest BCUT2D eigenvalue weighted by Crippen LogP contribution is 2.36. The van der Waals surface area contributed by atoms with Crippen molar-refractivity contribution in [3.05, 3.63) is 45.4 Å². The summed E-state index contributed by atoms with van der Waals surface area (Å²) in [7, 11) is 0. The van der Waals surface area contributed by atoms with E-state index >= 15 is 0 Å². The lowest BCUT2D eigenvalue weighted by Crippen LogP contribution is -2.18. The molecule has 0 radical (unpaired) electrons. The van der Waals surface area contributed by atoms with E-state index in [0.717, 1.165) is 5.01 Å². The molecule has 0 bridgehead atoms. The molecule has 7 heteroatoms. The van der Waals surface area contributed by atoms with Crippen molar-refractivity contribution in [3.63, 3.8) is 0 Å². The molecule has 3 nitrogen and oxygen atoms in total. The van der Waals surface area contributed by atoms with E-state index in [1.807, 2.05) is 0 Å². The van der Waals surface area contributed by atoms with E-state index in [-0.39, 0.29) is 5.56 Å². The average molecular weight is 303 g/mol. The van der Waals surface area contributed by atoms with E-state index in [0.29, 0.717) is 10.6 Å². The molecule has 108 valence electrons. The minimum Gasteiger partial charge on any atom is -0.405 e. The quantitative estimate of drug-likeness (QED) is 0.939. The normalized spacial score (nSPS) is 13.3. The van der Waals surface area contributed by atoms with Gasteiger partial charge in [0.25, 0.3) is 0 Å². The fraction of sp³-hybridized carbons (Fsp3) is 0.308. The van der Waals surface area contributed by atoms with Crippen LogP contribution in [0.2, 0.25) is 0 Å². The molecule has 20 heavy (non-hydrogen) atoms. The summed E-state index contributed by atoms with van der Waals surface area (Å²) in [6.07, 6.45) is -5.99. The number of halogens is 3. The van der Waals surface area contributed by atoms with Crippen LogP contribution in [-0.4, -0.2) is 16.5 Å². The van der Waals surface area contributed by atoms with Gasteiger partial charge in [-0.05, 0) is 19.9 Å². The maximum Gasteiger partial charge on any atom is 0.573 e. The van der Waals surface area contributed by atoms with Crippen LogP contribution in [-0.2, 0) is 0 Å². The third-order valence-electron chi connectivity index (χ3n) is 2.63. The molecule has 0 fully saturated rings. The summed E-state index contributed by atoms with van der Waals surface area (Å²) in [5.41, 5.74) is 0.665. The number of benzene rings is 1. The third kappa shape index (κ3) is 3.29. The lowest BCUT2D eigenvalue weighted by Gasteiger charge is -2.16. The Morgan fingerprint density at radius 3 is 2.45 bits per heavy atom. The number of aromatic nitrogens is 1. The van der Waals surface area contributed by atoms with Gasteiger partial charge in [0.2, 0.25) is 0 Å². The van der Waals surface area contributed by atoms with Gasteiger partial charge in [0.05, 0.1) is 15.6 Å². The minimum absolute atomic E-state index is 0.0663. The smallest absolute Gasteiger partial charge is 0.405 e. The molecular formula is C13H12F3NO2S. The molecule has 1 aromatic carbocycles. The Bertz CT molecular complexity index is 610. The number of thiazole rings is 1. The van der Waals surface area contributed by atoms with Crippen molar-refractivity contribution in [3.8, 4) is 5.75 Å². The molecular weight excluding hydrogens is 291 g/mol. The Labute approximate surface area is 117 Å². The molecule has 0 saturated heterocycles. The van der Waals surface area contributed by atoms with E-state index < -0.39 is 18.2 Å². The molecule has 0 aliphatic rings. The maximum atomic E-state index is 12.4. The van der Waals surface area contributed by atoms with Crippen molar-refractivity contribution in [1.82, 2.24) is 4.98 Å². The van der Waals surface area contributed by atoms with Gasteiger partial charge in [-0.3, -0.25) is 0 Å². The number of hydrogen-bond acceptors (Lipinski definition) is 4. The monoisotopic (exact) mass is 303 g/mol. The second-order valence-electron chi connectivity index (χ2n) is 4.17. The number of aliphatic hydroxyl groups excluding tert-OH is 1. The van der Waals surface area contributed by atoms with Crippen molar-refractivity contribution < 1.29 is 23.0 Å². The Kier molecular flexibility index (Phi) is 4.01. The number of para-hydroxylation sites is 1. The van der Waals surface area contributed by atoms with Gasteiger partial charge >= 0.3 is 6.36 Å². The molecule has 2 aromatic rings. The molecule has 1 aromatic heterocycles. The zero-order chi connectivity index (χ0) is 14.9. The molecule has 2 rings (SSSR count). The highest BCUT2D eigenvalue weighted by atomic mass is 32.1. The van der Waals surface area contributed by atoms with Crippen LogP contribution in [0.15, 0.2) is 24.3 Å². The zero-order valence-electron chi connectivity index (χ0n) is 10.7. The van der Waals surface area contributed by atoms with Gasteiger partial charge in [0, 0.05) is 5.56 Å². The van der Waals surface area contributed by atoms with E-state index in [9.17, 15) is 18.3 Å². The lowest BCUT2D eigenvalue weighted by molar-refractivity contribution is -0.275. The molecule has 0 amide bonds. The zero-order valence-corrected chi connectivity index (χ0v) is 11.5. The lowest BCUT2D eigenvalue weighted by atomic mass is 10.1. The van der Waals surface area contributed by atoms with Crippen LogP contribution in [0.3, 0.4) is 0 Å². The summed E-state index contributed by atoms with van der Waals surface area (Å²) in [4.78, 5) is 4.67. The third-order valence-corrected chi connectivity index (χ3v) is 3.75. The van der Waals surface area contributed by atoms with Crippen LogP contribution >= 0.6 is 11.3 Å². The SMILES string of the molecule is Cc1nc(C)c(C(O)c2ccccc2OC(F)(F)F)s1. The van der Waals surface area contributed by atoms with E-state index in [2.05, 4.69) is 9.72 Å². The van der Waals surface area contributed by atoms with E-state index in [4.69, 9.17) is 0 Å². The van der Waals surface area contributed by atoms with Crippen molar-refractivity contribution in [2.45, 2.75) is 26.3 Å². The number of aliphatic hydroxyl groups is 1. The van der Waals surface area contributed by atoms with Gasteiger partial charge in [0.15, 0.2) is 0 Å². The standard InChI is InChI=1S/C13H12F3NO2S/c1-7-12(20-8(2)17-7)11(18)9-5-3-4-6-10(9)19-13(14,15)16/h3-6,11,18H,1-2H3. The van der Waals surface area contributed by atoms with Crippen LogP contribution in [0.4, 0.5) is 13.2 Å². The van der Waals surface area contributed by atoms with Gasteiger partial charge < -0.3 is 9.84 Å². The van der Waals surface area contributed by atoms with E-state index in [1.54, 1.807) is 19.9 Å². The van der Waals surface area contributed by atoms with Gasteiger partial charge in [-0.25, -0.2) is 4.98 Å². The topological polar surface area (TPSA) is 42.4 Å². The fourth-order valence-corrected chi connectivity index (χ4v) is 2.80. The first kappa shape index (κ1) is 14.8. The summed E-state index contributed by atoms with van der Waals surface area (Å²) >= 11 is 1.25. The highest BCUT2D eigenvalue weighted by molar-refractivity contribution is 7.11. The molecule has 0 aliphatic heterocycles. The molecule has 0 spiro atoms. The second kappa shape index (κ2) is 5.41. The van der Waals surface area contributed by atoms with E-state index in [1.165, 1.54) is 29.5 Å². The van der Waals surface area contributed by atoms with Crippen LogP contribution in [0.1, 0.15) is 27.2 Å². The first-order valence-electron chi connectivity index (χ1n) is 5.74. The van der Waals surface area contributed by atoms with Crippen molar-refractivity contribution in [2.75, 3.05) is 0 Å². The second-order valence-corrected chi connectivity index (χ2v) is 5.41.